The van der Waals surface area contributed by atoms with Gasteiger partial charge in [-0.05, 0) is 29.7 Å². The number of methoxy groups -OCH3 is 1. The van der Waals surface area contributed by atoms with E-state index in [-0.39, 0.29) is 11.4 Å². The molecule has 0 saturated carbocycles. The number of benzene rings is 1. The molecule has 0 radical (unpaired) electrons. The van der Waals surface area contributed by atoms with Gasteiger partial charge in [-0.25, -0.2) is 4.79 Å². The molecule has 0 aliphatic carbocycles. The van der Waals surface area contributed by atoms with Crippen LogP contribution in [0.15, 0.2) is 40.9 Å². The maximum Gasteiger partial charge on any atom is 0.337 e. The molecule has 0 aliphatic rings. The van der Waals surface area contributed by atoms with E-state index in [1.165, 1.54) is 18.4 Å². The second-order valence-electron chi connectivity index (χ2n) is 6.28. The van der Waals surface area contributed by atoms with Crippen molar-refractivity contribution in [3.8, 4) is 0 Å². The van der Waals surface area contributed by atoms with Crippen LogP contribution in [0.5, 0.6) is 0 Å². The van der Waals surface area contributed by atoms with Gasteiger partial charge in [0, 0.05) is 16.8 Å². The molecule has 0 aliphatic heterocycles. The van der Waals surface area contributed by atoms with Gasteiger partial charge >= 0.3 is 5.97 Å². The van der Waals surface area contributed by atoms with Gasteiger partial charge < -0.3 is 9.84 Å². The SMILES string of the molecule is COC(=O)c1ccc(SCC(O)(c2cncs2)C(C)(C)C)cc1. The summed E-state index contributed by atoms with van der Waals surface area (Å²) in [5.41, 5.74) is 0.964. The van der Waals surface area contributed by atoms with Gasteiger partial charge in [0.25, 0.3) is 0 Å². The lowest BCUT2D eigenvalue weighted by Gasteiger charge is -2.39. The minimum Gasteiger partial charge on any atom is -0.465 e. The molecule has 23 heavy (non-hydrogen) atoms. The van der Waals surface area contributed by atoms with Crippen LogP contribution in [0.3, 0.4) is 0 Å². The van der Waals surface area contributed by atoms with Crippen LogP contribution in [-0.4, -0.2) is 28.9 Å². The summed E-state index contributed by atoms with van der Waals surface area (Å²) in [7, 11) is 1.36. The Kier molecular flexibility index (Phi) is 5.49. The Morgan fingerprint density at radius 2 is 1.96 bits per heavy atom. The minimum atomic E-state index is -0.972. The van der Waals surface area contributed by atoms with Crippen molar-refractivity contribution in [2.75, 3.05) is 12.9 Å². The smallest absolute Gasteiger partial charge is 0.337 e. The molecular formula is C17H21NO3S2. The van der Waals surface area contributed by atoms with E-state index in [1.54, 1.807) is 35.6 Å². The van der Waals surface area contributed by atoms with Crippen LogP contribution < -0.4 is 0 Å². The predicted molar refractivity (Wildman–Crippen MR) is 94.0 cm³/mol. The molecule has 1 unspecified atom stereocenters. The highest BCUT2D eigenvalue weighted by Crippen LogP contribution is 2.44. The van der Waals surface area contributed by atoms with Gasteiger partial charge in [-0.2, -0.15) is 0 Å². The van der Waals surface area contributed by atoms with Crippen molar-refractivity contribution in [2.45, 2.75) is 31.3 Å². The Labute approximate surface area is 144 Å². The summed E-state index contributed by atoms with van der Waals surface area (Å²) >= 11 is 3.02. The number of hydrogen-bond acceptors (Lipinski definition) is 6. The molecule has 1 heterocycles. The molecule has 1 atom stereocenters. The second-order valence-corrected chi connectivity index (χ2v) is 8.22. The van der Waals surface area contributed by atoms with E-state index in [1.807, 2.05) is 32.9 Å². The van der Waals surface area contributed by atoms with Crippen molar-refractivity contribution in [3.63, 3.8) is 0 Å². The van der Waals surface area contributed by atoms with Gasteiger partial charge in [0.15, 0.2) is 0 Å². The number of carbonyl (C=O) groups is 1. The van der Waals surface area contributed by atoms with Gasteiger partial charge in [0.05, 0.1) is 23.1 Å². The quantitative estimate of drug-likeness (QED) is 0.653. The zero-order chi connectivity index (χ0) is 17.1. The monoisotopic (exact) mass is 351 g/mol. The zero-order valence-electron chi connectivity index (χ0n) is 13.7. The molecule has 0 saturated heterocycles. The molecule has 2 aromatic rings. The van der Waals surface area contributed by atoms with Crippen LogP contribution in [0.25, 0.3) is 0 Å². The molecule has 0 spiro atoms. The van der Waals surface area contributed by atoms with Crippen LogP contribution in [0.1, 0.15) is 36.0 Å². The van der Waals surface area contributed by atoms with Gasteiger partial charge in [-0.1, -0.05) is 20.8 Å². The minimum absolute atomic E-state index is 0.321. The molecule has 124 valence electrons. The average Bonchev–Trinajstić information content (AvgIpc) is 3.06. The number of rotatable bonds is 5. The third-order valence-corrected chi connectivity index (χ3v) is 5.90. The maximum atomic E-state index is 11.5. The second kappa shape index (κ2) is 7.03. The summed E-state index contributed by atoms with van der Waals surface area (Å²) in [6.07, 6.45) is 1.73. The highest BCUT2D eigenvalue weighted by atomic mass is 32.2. The fraction of sp³-hybridized carbons (Fsp3) is 0.412. The molecule has 6 heteroatoms. The van der Waals surface area contributed by atoms with E-state index in [4.69, 9.17) is 4.74 Å². The van der Waals surface area contributed by atoms with E-state index in [0.29, 0.717) is 11.3 Å². The molecule has 4 nitrogen and oxygen atoms in total. The van der Waals surface area contributed by atoms with Crippen LogP contribution in [0.2, 0.25) is 0 Å². The number of aliphatic hydroxyl groups is 1. The summed E-state index contributed by atoms with van der Waals surface area (Å²) in [5, 5.41) is 11.2. The number of hydrogen-bond donors (Lipinski definition) is 1. The fourth-order valence-corrected chi connectivity index (χ4v) is 4.38. The normalized spacial score (nSPS) is 14.3. The average molecular weight is 351 g/mol. The van der Waals surface area contributed by atoms with E-state index >= 15 is 0 Å². The lowest BCUT2D eigenvalue weighted by Crippen LogP contribution is -2.41. The first kappa shape index (κ1) is 18.0. The summed E-state index contributed by atoms with van der Waals surface area (Å²) in [4.78, 5) is 17.4. The number of esters is 1. The molecule has 2 rings (SSSR count). The first-order valence-corrected chi connectivity index (χ1v) is 9.07. The first-order valence-electron chi connectivity index (χ1n) is 7.20. The van der Waals surface area contributed by atoms with Crippen molar-refractivity contribution in [2.24, 2.45) is 5.41 Å². The Balaban J connectivity index is 2.15. The zero-order valence-corrected chi connectivity index (χ0v) is 15.3. The lowest BCUT2D eigenvalue weighted by molar-refractivity contribution is -0.0392. The summed E-state index contributed by atoms with van der Waals surface area (Å²) < 4.78 is 4.69. The number of carbonyl (C=O) groups excluding carboxylic acids is 1. The van der Waals surface area contributed by atoms with Crippen molar-refractivity contribution in [1.29, 1.82) is 0 Å². The van der Waals surface area contributed by atoms with Gasteiger partial charge in [0.1, 0.15) is 5.60 Å². The van der Waals surface area contributed by atoms with Crippen LogP contribution in [0, 0.1) is 5.41 Å². The largest absolute Gasteiger partial charge is 0.465 e. The van der Waals surface area contributed by atoms with Crippen LogP contribution in [-0.2, 0) is 10.3 Å². The standard InChI is InChI=1S/C17H21NO3S2/c1-16(2,3)17(20,14-9-18-11-23-14)10-22-13-7-5-12(6-8-13)15(19)21-4/h5-9,11,20H,10H2,1-4H3. The van der Waals surface area contributed by atoms with Gasteiger partial charge in [0.2, 0.25) is 0 Å². The number of ether oxygens (including phenoxy) is 1. The summed E-state index contributed by atoms with van der Waals surface area (Å²) in [6.45, 7) is 6.06. The van der Waals surface area contributed by atoms with Crippen molar-refractivity contribution >= 4 is 29.1 Å². The van der Waals surface area contributed by atoms with E-state index in [2.05, 4.69) is 4.98 Å². The maximum absolute atomic E-state index is 11.5. The number of nitrogens with zero attached hydrogens (tertiary/aromatic N) is 1. The van der Waals surface area contributed by atoms with Crippen molar-refractivity contribution in [3.05, 3.63) is 46.4 Å². The van der Waals surface area contributed by atoms with Crippen LogP contribution >= 0.6 is 23.1 Å². The molecule has 0 amide bonds. The highest BCUT2D eigenvalue weighted by molar-refractivity contribution is 7.99. The Morgan fingerprint density at radius 3 is 2.43 bits per heavy atom. The summed E-state index contributed by atoms with van der Waals surface area (Å²) in [5.74, 6) is 0.161. The van der Waals surface area contributed by atoms with E-state index < -0.39 is 5.60 Å². The summed E-state index contributed by atoms with van der Waals surface area (Å²) in [6, 6.07) is 7.20. The molecule has 1 aromatic heterocycles. The molecule has 1 N–H and O–H groups in total. The van der Waals surface area contributed by atoms with Crippen LogP contribution in [0.4, 0.5) is 0 Å². The molecule has 0 fully saturated rings. The van der Waals surface area contributed by atoms with Gasteiger partial charge in [-0.15, -0.1) is 23.1 Å². The Bertz CT molecular complexity index is 647. The lowest BCUT2D eigenvalue weighted by atomic mass is 9.77. The van der Waals surface area contributed by atoms with Crippen molar-refractivity contribution < 1.29 is 14.6 Å². The third-order valence-electron chi connectivity index (χ3n) is 3.80. The number of thiazole rings is 1. The third kappa shape index (κ3) is 3.94. The number of aromatic nitrogens is 1. The number of thioether (sulfide) groups is 1. The Hall–Kier alpha value is -1.37. The Morgan fingerprint density at radius 1 is 1.30 bits per heavy atom. The fourth-order valence-electron chi connectivity index (χ4n) is 2.07. The highest BCUT2D eigenvalue weighted by Gasteiger charge is 2.42. The molecular weight excluding hydrogens is 330 g/mol. The molecule has 1 aromatic carbocycles. The predicted octanol–water partition coefficient (Wildman–Crippen LogP) is 3.96. The van der Waals surface area contributed by atoms with Crippen molar-refractivity contribution in [1.82, 2.24) is 4.98 Å². The van der Waals surface area contributed by atoms with E-state index in [0.717, 1.165) is 9.77 Å². The molecule has 0 bridgehead atoms. The topological polar surface area (TPSA) is 59.4 Å². The van der Waals surface area contributed by atoms with E-state index in [9.17, 15) is 9.90 Å². The first-order chi connectivity index (χ1) is 10.8. The van der Waals surface area contributed by atoms with Gasteiger partial charge in [-0.3, -0.25) is 4.98 Å².